The van der Waals surface area contributed by atoms with Crippen LogP contribution in [0, 0.1) is 0 Å². The summed E-state index contributed by atoms with van der Waals surface area (Å²) >= 11 is 1.32. The van der Waals surface area contributed by atoms with Crippen molar-refractivity contribution in [1.29, 1.82) is 0 Å². The van der Waals surface area contributed by atoms with Crippen molar-refractivity contribution >= 4 is 21.4 Å². The molecule has 21 heavy (non-hydrogen) atoms. The highest BCUT2D eigenvalue weighted by Gasteiger charge is 2.24. The van der Waals surface area contributed by atoms with Crippen LogP contribution in [0.3, 0.4) is 0 Å². The van der Waals surface area contributed by atoms with Crippen LogP contribution in [-0.2, 0) is 10.0 Å². The van der Waals surface area contributed by atoms with Crippen LogP contribution in [-0.4, -0.2) is 25.8 Å². The standard InChI is InChI=1S/C16H29NO2S2/c1-3-5-7-9-13-17(14-10-8-6-4-2)21(18,19)16-12-11-15-20-16/h11-12,15H,3-10,13-14H2,1-2H3. The highest BCUT2D eigenvalue weighted by molar-refractivity contribution is 7.91. The summed E-state index contributed by atoms with van der Waals surface area (Å²) in [4.78, 5) is 0. The number of nitrogens with zero attached hydrogens (tertiary/aromatic N) is 1. The first-order valence-electron chi connectivity index (χ1n) is 8.16. The molecule has 0 unspecified atom stereocenters. The Bertz CT molecular complexity index is 443. The summed E-state index contributed by atoms with van der Waals surface area (Å²) < 4.78 is 27.5. The Hall–Kier alpha value is -0.390. The largest absolute Gasteiger partial charge is 0.252 e. The maximum Gasteiger partial charge on any atom is 0.252 e. The fourth-order valence-electron chi connectivity index (χ4n) is 2.32. The van der Waals surface area contributed by atoms with Crippen molar-refractivity contribution in [2.24, 2.45) is 0 Å². The third-order valence-corrected chi connectivity index (χ3v) is 6.88. The molecule has 0 spiro atoms. The summed E-state index contributed by atoms with van der Waals surface area (Å²) in [6.07, 6.45) is 8.87. The molecule has 0 aliphatic rings. The van der Waals surface area contributed by atoms with Crippen molar-refractivity contribution in [2.75, 3.05) is 13.1 Å². The zero-order chi connectivity index (χ0) is 15.6. The third kappa shape index (κ3) is 6.49. The predicted molar refractivity (Wildman–Crippen MR) is 91.4 cm³/mol. The van der Waals surface area contributed by atoms with Crippen molar-refractivity contribution in [1.82, 2.24) is 4.31 Å². The first-order chi connectivity index (χ1) is 10.1. The van der Waals surface area contributed by atoms with Crippen molar-refractivity contribution in [2.45, 2.75) is 69.4 Å². The van der Waals surface area contributed by atoms with Gasteiger partial charge in [-0.25, -0.2) is 8.42 Å². The molecule has 5 heteroatoms. The van der Waals surface area contributed by atoms with Crippen molar-refractivity contribution in [3.63, 3.8) is 0 Å². The summed E-state index contributed by atoms with van der Waals surface area (Å²) in [5.41, 5.74) is 0. The first-order valence-corrected chi connectivity index (χ1v) is 10.5. The van der Waals surface area contributed by atoms with E-state index in [0.717, 1.165) is 25.7 Å². The fraction of sp³-hybridized carbons (Fsp3) is 0.750. The average molecular weight is 332 g/mol. The van der Waals surface area contributed by atoms with Crippen LogP contribution in [0.4, 0.5) is 0 Å². The topological polar surface area (TPSA) is 37.4 Å². The van der Waals surface area contributed by atoms with Gasteiger partial charge >= 0.3 is 0 Å². The molecule has 1 heterocycles. The molecule has 0 aromatic carbocycles. The van der Waals surface area contributed by atoms with E-state index in [1.807, 2.05) is 11.4 Å². The Balaban J connectivity index is 2.61. The van der Waals surface area contributed by atoms with Crippen LogP contribution in [0.2, 0.25) is 0 Å². The smallest absolute Gasteiger partial charge is 0.206 e. The van der Waals surface area contributed by atoms with E-state index >= 15 is 0 Å². The van der Waals surface area contributed by atoms with E-state index in [1.54, 1.807) is 10.4 Å². The van der Waals surface area contributed by atoms with Gasteiger partial charge in [0.1, 0.15) is 4.21 Å². The van der Waals surface area contributed by atoms with Crippen LogP contribution in [0.5, 0.6) is 0 Å². The molecule has 1 rings (SSSR count). The van der Waals surface area contributed by atoms with Gasteiger partial charge in [-0.15, -0.1) is 11.3 Å². The minimum atomic E-state index is -3.28. The zero-order valence-electron chi connectivity index (χ0n) is 13.4. The number of thiophene rings is 1. The number of hydrogen-bond donors (Lipinski definition) is 0. The van der Waals surface area contributed by atoms with Gasteiger partial charge in [-0.05, 0) is 24.3 Å². The van der Waals surface area contributed by atoms with E-state index in [-0.39, 0.29) is 0 Å². The van der Waals surface area contributed by atoms with Gasteiger partial charge in [0.25, 0.3) is 10.0 Å². The Morgan fingerprint density at radius 2 is 1.52 bits per heavy atom. The molecule has 0 N–H and O–H groups in total. The van der Waals surface area contributed by atoms with Crippen LogP contribution in [0.1, 0.15) is 65.2 Å². The molecular formula is C16H29NO2S2. The molecule has 0 atom stereocenters. The summed E-state index contributed by atoms with van der Waals surface area (Å²) in [7, 11) is -3.28. The van der Waals surface area contributed by atoms with Gasteiger partial charge in [-0.2, -0.15) is 4.31 Å². The number of rotatable bonds is 12. The second-order valence-corrected chi connectivity index (χ2v) is 8.57. The molecular weight excluding hydrogens is 302 g/mol. The molecule has 0 fully saturated rings. The maximum absolute atomic E-state index is 12.7. The van der Waals surface area contributed by atoms with E-state index < -0.39 is 10.0 Å². The fourth-order valence-corrected chi connectivity index (χ4v) is 4.98. The van der Waals surface area contributed by atoms with E-state index in [1.165, 1.54) is 37.0 Å². The van der Waals surface area contributed by atoms with Crippen LogP contribution < -0.4 is 0 Å². The summed E-state index contributed by atoms with van der Waals surface area (Å²) in [6.45, 7) is 5.66. The van der Waals surface area contributed by atoms with Crippen LogP contribution >= 0.6 is 11.3 Å². The monoisotopic (exact) mass is 331 g/mol. The van der Waals surface area contributed by atoms with E-state index in [2.05, 4.69) is 13.8 Å². The lowest BCUT2D eigenvalue weighted by molar-refractivity contribution is 0.386. The lowest BCUT2D eigenvalue weighted by Gasteiger charge is -2.21. The SMILES string of the molecule is CCCCCCN(CCCCCC)S(=O)(=O)c1cccs1. The molecule has 1 aromatic rings. The second-order valence-electron chi connectivity index (χ2n) is 5.46. The highest BCUT2D eigenvalue weighted by atomic mass is 32.2. The molecule has 1 aromatic heterocycles. The summed E-state index contributed by atoms with van der Waals surface area (Å²) in [5, 5.41) is 1.83. The Morgan fingerprint density at radius 1 is 0.952 bits per heavy atom. The molecule has 122 valence electrons. The number of hydrogen-bond acceptors (Lipinski definition) is 3. The molecule has 0 saturated heterocycles. The van der Waals surface area contributed by atoms with Crippen LogP contribution in [0.25, 0.3) is 0 Å². The molecule has 0 amide bonds. The predicted octanol–water partition coefficient (Wildman–Crippen LogP) is 4.90. The molecule has 0 saturated carbocycles. The zero-order valence-corrected chi connectivity index (χ0v) is 15.0. The van der Waals surface area contributed by atoms with Crippen LogP contribution in [0.15, 0.2) is 21.7 Å². The van der Waals surface area contributed by atoms with Crippen molar-refractivity contribution in [3.05, 3.63) is 17.5 Å². The van der Waals surface area contributed by atoms with Gasteiger partial charge in [-0.1, -0.05) is 58.4 Å². The average Bonchev–Trinajstić information content (AvgIpc) is 3.00. The minimum absolute atomic E-state index is 0.480. The summed E-state index contributed by atoms with van der Waals surface area (Å²) in [5.74, 6) is 0. The maximum atomic E-state index is 12.7. The highest BCUT2D eigenvalue weighted by Crippen LogP contribution is 2.22. The van der Waals surface area contributed by atoms with Crippen molar-refractivity contribution < 1.29 is 8.42 Å². The molecule has 0 bridgehead atoms. The van der Waals surface area contributed by atoms with E-state index in [9.17, 15) is 8.42 Å². The van der Waals surface area contributed by atoms with Gasteiger partial charge in [0.15, 0.2) is 0 Å². The van der Waals surface area contributed by atoms with Gasteiger partial charge in [0.2, 0.25) is 0 Å². The number of unbranched alkanes of at least 4 members (excludes halogenated alkanes) is 6. The second kappa shape index (κ2) is 10.4. The Morgan fingerprint density at radius 3 is 1.95 bits per heavy atom. The Labute approximate surface area is 134 Å². The minimum Gasteiger partial charge on any atom is -0.206 e. The van der Waals surface area contributed by atoms with Gasteiger partial charge in [-0.3, -0.25) is 0 Å². The third-order valence-electron chi connectivity index (χ3n) is 3.61. The van der Waals surface area contributed by atoms with E-state index in [4.69, 9.17) is 0 Å². The quantitative estimate of drug-likeness (QED) is 0.511. The van der Waals surface area contributed by atoms with E-state index in [0.29, 0.717) is 17.3 Å². The van der Waals surface area contributed by atoms with Gasteiger partial charge < -0.3 is 0 Å². The molecule has 0 radical (unpaired) electrons. The summed E-state index contributed by atoms with van der Waals surface area (Å²) in [6, 6.07) is 3.52. The van der Waals surface area contributed by atoms with Gasteiger partial charge in [0.05, 0.1) is 0 Å². The van der Waals surface area contributed by atoms with Gasteiger partial charge in [0, 0.05) is 13.1 Å². The lowest BCUT2D eigenvalue weighted by atomic mass is 10.2. The molecule has 3 nitrogen and oxygen atoms in total. The normalized spacial score (nSPS) is 12.1. The molecule has 0 aliphatic carbocycles. The molecule has 0 aliphatic heterocycles. The lowest BCUT2D eigenvalue weighted by Crippen LogP contribution is -2.32. The number of sulfonamides is 1. The Kier molecular flexibility index (Phi) is 9.20. The first kappa shape index (κ1) is 18.7. The van der Waals surface area contributed by atoms with Crippen molar-refractivity contribution in [3.8, 4) is 0 Å².